The van der Waals surface area contributed by atoms with Gasteiger partial charge in [0, 0.05) is 18.7 Å². The smallest absolute Gasteiger partial charge is 0.162 e. The number of aryl methyl sites for hydroxylation is 1. The monoisotopic (exact) mass is 248 g/mol. The van der Waals surface area contributed by atoms with Crippen molar-refractivity contribution >= 4 is 5.65 Å². The van der Waals surface area contributed by atoms with Crippen LogP contribution in [-0.4, -0.2) is 14.6 Å². The Hall–Kier alpha value is -2.67. The van der Waals surface area contributed by atoms with Gasteiger partial charge in [0.2, 0.25) is 0 Å². The van der Waals surface area contributed by atoms with Crippen LogP contribution in [0.2, 0.25) is 0 Å². The molecule has 92 valence electrons. The summed E-state index contributed by atoms with van der Waals surface area (Å²) in [6.07, 6.45) is 2.58. The fraction of sp³-hybridized carbons (Fsp3) is 0.133. The van der Waals surface area contributed by atoms with Gasteiger partial charge in [-0.1, -0.05) is 29.8 Å². The molecule has 0 unspecified atom stereocenters. The molecule has 0 saturated heterocycles. The summed E-state index contributed by atoms with van der Waals surface area (Å²) in [5.74, 6) is 0.880. The Morgan fingerprint density at radius 2 is 2.11 bits per heavy atom. The SMILES string of the molecule is Cc1cccc(Cc2nnc3cc(C#N)ccn23)c1. The number of hydrogen-bond donors (Lipinski definition) is 0. The molecule has 0 N–H and O–H groups in total. The van der Waals surface area contributed by atoms with E-state index in [1.807, 2.05) is 16.7 Å². The van der Waals surface area contributed by atoms with Gasteiger partial charge >= 0.3 is 0 Å². The van der Waals surface area contributed by atoms with Gasteiger partial charge in [0.25, 0.3) is 0 Å². The second kappa shape index (κ2) is 4.54. The topological polar surface area (TPSA) is 54.0 Å². The minimum absolute atomic E-state index is 0.599. The van der Waals surface area contributed by atoms with E-state index < -0.39 is 0 Å². The molecule has 4 heteroatoms. The Bertz CT molecular complexity index is 780. The maximum Gasteiger partial charge on any atom is 0.162 e. The van der Waals surface area contributed by atoms with Crippen molar-refractivity contribution < 1.29 is 0 Å². The van der Waals surface area contributed by atoms with Crippen LogP contribution in [0.15, 0.2) is 42.6 Å². The first-order chi connectivity index (χ1) is 9.26. The zero-order valence-corrected chi connectivity index (χ0v) is 10.5. The number of nitriles is 1. The van der Waals surface area contributed by atoms with Gasteiger partial charge < -0.3 is 0 Å². The van der Waals surface area contributed by atoms with Gasteiger partial charge in [-0.2, -0.15) is 5.26 Å². The number of fused-ring (bicyclic) bond motifs is 1. The van der Waals surface area contributed by atoms with Crippen LogP contribution in [0.25, 0.3) is 5.65 Å². The largest absolute Gasteiger partial charge is 0.286 e. The lowest BCUT2D eigenvalue weighted by Gasteiger charge is -2.02. The van der Waals surface area contributed by atoms with Gasteiger partial charge in [0.15, 0.2) is 5.65 Å². The molecular formula is C15H12N4. The Morgan fingerprint density at radius 3 is 2.89 bits per heavy atom. The summed E-state index contributed by atoms with van der Waals surface area (Å²) in [4.78, 5) is 0. The minimum Gasteiger partial charge on any atom is -0.286 e. The predicted molar refractivity (Wildman–Crippen MR) is 71.7 cm³/mol. The molecule has 0 spiro atoms. The van der Waals surface area contributed by atoms with Crippen LogP contribution in [0, 0.1) is 18.3 Å². The molecule has 2 heterocycles. The first-order valence-electron chi connectivity index (χ1n) is 6.05. The van der Waals surface area contributed by atoms with Gasteiger partial charge in [0.05, 0.1) is 11.6 Å². The third-order valence-corrected chi connectivity index (χ3v) is 3.05. The fourth-order valence-electron chi connectivity index (χ4n) is 2.14. The van der Waals surface area contributed by atoms with Crippen LogP contribution in [0.5, 0.6) is 0 Å². The highest BCUT2D eigenvalue weighted by Crippen LogP contribution is 2.12. The predicted octanol–water partition coefficient (Wildman–Crippen LogP) is 2.50. The van der Waals surface area contributed by atoms with Crippen LogP contribution in [-0.2, 0) is 6.42 Å². The summed E-state index contributed by atoms with van der Waals surface area (Å²) in [6, 6.07) is 14.0. The zero-order valence-electron chi connectivity index (χ0n) is 10.5. The lowest BCUT2D eigenvalue weighted by molar-refractivity contribution is 0.933. The van der Waals surface area contributed by atoms with Crippen molar-refractivity contribution in [2.45, 2.75) is 13.3 Å². The summed E-state index contributed by atoms with van der Waals surface area (Å²) in [5, 5.41) is 17.2. The normalized spacial score (nSPS) is 10.5. The van der Waals surface area contributed by atoms with Crippen LogP contribution < -0.4 is 0 Å². The molecule has 4 nitrogen and oxygen atoms in total. The number of nitrogens with zero attached hydrogens (tertiary/aromatic N) is 4. The first kappa shape index (κ1) is 11.4. The highest BCUT2D eigenvalue weighted by molar-refractivity contribution is 5.45. The third kappa shape index (κ3) is 2.18. The van der Waals surface area contributed by atoms with Crippen LogP contribution in [0.3, 0.4) is 0 Å². The van der Waals surface area contributed by atoms with Crippen molar-refractivity contribution in [3.63, 3.8) is 0 Å². The van der Waals surface area contributed by atoms with Crippen molar-refractivity contribution in [3.8, 4) is 6.07 Å². The fourth-order valence-corrected chi connectivity index (χ4v) is 2.14. The lowest BCUT2D eigenvalue weighted by atomic mass is 10.1. The maximum absolute atomic E-state index is 8.86. The molecule has 2 aromatic heterocycles. The minimum atomic E-state index is 0.599. The lowest BCUT2D eigenvalue weighted by Crippen LogP contribution is -1.96. The van der Waals surface area contributed by atoms with Gasteiger partial charge in [-0.25, -0.2) is 0 Å². The molecule has 0 fully saturated rings. The molecule has 0 amide bonds. The zero-order chi connectivity index (χ0) is 13.2. The summed E-state index contributed by atoms with van der Waals surface area (Å²) in [7, 11) is 0. The average molecular weight is 248 g/mol. The molecule has 3 rings (SSSR count). The molecule has 0 atom stereocenters. The Balaban J connectivity index is 2.00. The molecule has 19 heavy (non-hydrogen) atoms. The Labute approximate surface area is 111 Å². The Morgan fingerprint density at radius 1 is 1.21 bits per heavy atom. The average Bonchev–Trinajstić information content (AvgIpc) is 2.81. The van der Waals surface area contributed by atoms with E-state index in [2.05, 4.69) is 41.4 Å². The van der Waals surface area contributed by atoms with Crippen LogP contribution in [0.4, 0.5) is 0 Å². The molecule has 1 aromatic carbocycles. The molecular weight excluding hydrogens is 236 g/mol. The van der Waals surface area contributed by atoms with Crippen molar-refractivity contribution in [2.24, 2.45) is 0 Å². The van der Waals surface area contributed by atoms with Crippen molar-refractivity contribution in [1.29, 1.82) is 5.26 Å². The molecule has 0 bridgehead atoms. The van der Waals surface area contributed by atoms with E-state index in [4.69, 9.17) is 5.26 Å². The summed E-state index contributed by atoms with van der Waals surface area (Å²) < 4.78 is 1.92. The second-order valence-corrected chi connectivity index (χ2v) is 4.54. The second-order valence-electron chi connectivity index (χ2n) is 4.54. The van der Waals surface area contributed by atoms with E-state index in [1.54, 1.807) is 12.1 Å². The molecule has 0 aliphatic carbocycles. The summed E-state index contributed by atoms with van der Waals surface area (Å²) >= 11 is 0. The number of aromatic nitrogens is 3. The quantitative estimate of drug-likeness (QED) is 0.700. The van der Waals surface area contributed by atoms with E-state index in [0.29, 0.717) is 11.2 Å². The molecule has 0 aliphatic heterocycles. The highest BCUT2D eigenvalue weighted by Gasteiger charge is 2.07. The van der Waals surface area contributed by atoms with Gasteiger partial charge in [-0.3, -0.25) is 4.40 Å². The standard InChI is InChI=1S/C15H12N4/c1-11-3-2-4-12(7-11)8-14-17-18-15-9-13(10-16)5-6-19(14)15/h2-7,9H,8H2,1H3. The van der Waals surface area contributed by atoms with Gasteiger partial charge in [0.1, 0.15) is 5.82 Å². The maximum atomic E-state index is 8.86. The van der Waals surface area contributed by atoms with Crippen LogP contribution in [0.1, 0.15) is 22.5 Å². The van der Waals surface area contributed by atoms with E-state index in [0.717, 1.165) is 12.2 Å². The summed E-state index contributed by atoms with van der Waals surface area (Å²) in [6.45, 7) is 2.07. The van der Waals surface area contributed by atoms with E-state index in [-0.39, 0.29) is 0 Å². The van der Waals surface area contributed by atoms with Crippen LogP contribution >= 0.6 is 0 Å². The van der Waals surface area contributed by atoms with Crippen molar-refractivity contribution in [1.82, 2.24) is 14.6 Å². The number of hydrogen-bond acceptors (Lipinski definition) is 3. The number of pyridine rings is 1. The highest BCUT2D eigenvalue weighted by atomic mass is 15.2. The molecule has 0 aliphatic rings. The number of rotatable bonds is 2. The van der Waals surface area contributed by atoms with Gasteiger partial charge in [-0.05, 0) is 18.6 Å². The van der Waals surface area contributed by atoms with E-state index in [1.165, 1.54) is 11.1 Å². The Kier molecular flexibility index (Phi) is 2.73. The van der Waals surface area contributed by atoms with E-state index in [9.17, 15) is 0 Å². The number of benzene rings is 1. The summed E-state index contributed by atoms with van der Waals surface area (Å²) in [5.41, 5.74) is 3.75. The van der Waals surface area contributed by atoms with Gasteiger partial charge in [-0.15, -0.1) is 10.2 Å². The van der Waals surface area contributed by atoms with E-state index >= 15 is 0 Å². The first-order valence-corrected chi connectivity index (χ1v) is 6.05. The third-order valence-electron chi connectivity index (χ3n) is 3.05. The molecule has 0 saturated carbocycles. The molecule has 3 aromatic rings. The van der Waals surface area contributed by atoms with Crippen molar-refractivity contribution in [3.05, 3.63) is 65.1 Å². The van der Waals surface area contributed by atoms with Crippen molar-refractivity contribution in [2.75, 3.05) is 0 Å². The molecule has 0 radical (unpaired) electrons.